The molecular weight excluding hydrogens is 221 g/mol. The summed E-state index contributed by atoms with van der Waals surface area (Å²) in [6.07, 6.45) is 3.06. The van der Waals surface area contributed by atoms with Gasteiger partial charge in [-0.3, -0.25) is 0 Å². The smallest absolute Gasteiger partial charge is 0.338 e. The fourth-order valence-corrected chi connectivity index (χ4v) is 1.88. The molecule has 90 valence electrons. The highest BCUT2D eigenvalue weighted by Crippen LogP contribution is 2.22. The minimum Gasteiger partial charge on any atom is -0.478 e. The second-order valence-corrected chi connectivity index (χ2v) is 4.22. The lowest BCUT2D eigenvalue weighted by Gasteiger charge is -2.27. The van der Waals surface area contributed by atoms with Crippen molar-refractivity contribution in [2.45, 2.75) is 13.3 Å². The van der Waals surface area contributed by atoms with Crippen LogP contribution in [0.5, 0.6) is 0 Å². The fourth-order valence-electron chi connectivity index (χ4n) is 1.88. The van der Waals surface area contributed by atoms with Gasteiger partial charge in [-0.1, -0.05) is 11.6 Å². The number of carboxylic acids is 1. The highest BCUT2D eigenvalue weighted by atomic mass is 19.1. The Morgan fingerprint density at radius 3 is 2.76 bits per heavy atom. The number of aromatic carboxylic acids is 1. The van der Waals surface area contributed by atoms with Crippen molar-refractivity contribution < 1.29 is 14.3 Å². The van der Waals surface area contributed by atoms with Crippen molar-refractivity contribution in [1.82, 2.24) is 0 Å². The van der Waals surface area contributed by atoms with Crippen LogP contribution in [0.2, 0.25) is 0 Å². The van der Waals surface area contributed by atoms with Crippen molar-refractivity contribution in [1.29, 1.82) is 0 Å². The Morgan fingerprint density at radius 2 is 2.24 bits per heavy atom. The summed E-state index contributed by atoms with van der Waals surface area (Å²) >= 11 is 0. The predicted octanol–water partition coefficient (Wildman–Crippen LogP) is 2.68. The molecule has 4 heteroatoms. The molecule has 1 heterocycles. The third kappa shape index (κ3) is 2.46. The molecule has 2 rings (SSSR count). The molecule has 3 nitrogen and oxygen atoms in total. The van der Waals surface area contributed by atoms with Crippen LogP contribution in [0.3, 0.4) is 0 Å². The van der Waals surface area contributed by atoms with Gasteiger partial charge in [0.15, 0.2) is 0 Å². The van der Waals surface area contributed by atoms with Crippen LogP contribution >= 0.6 is 0 Å². The van der Waals surface area contributed by atoms with Gasteiger partial charge in [-0.25, -0.2) is 9.18 Å². The average molecular weight is 235 g/mol. The van der Waals surface area contributed by atoms with Crippen molar-refractivity contribution in [2.75, 3.05) is 18.0 Å². The van der Waals surface area contributed by atoms with E-state index in [1.54, 1.807) is 6.07 Å². The molecule has 0 amide bonds. The van der Waals surface area contributed by atoms with Gasteiger partial charge >= 0.3 is 5.97 Å². The number of hydrogen-bond acceptors (Lipinski definition) is 2. The second kappa shape index (κ2) is 4.57. The lowest BCUT2D eigenvalue weighted by molar-refractivity contribution is 0.0692. The van der Waals surface area contributed by atoms with Gasteiger partial charge in [-0.2, -0.15) is 0 Å². The molecule has 0 atom stereocenters. The van der Waals surface area contributed by atoms with E-state index in [1.807, 2.05) is 4.90 Å². The minimum absolute atomic E-state index is 0.280. The fraction of sp³-hybridized carbons (Fsp3) is 0.308. The molecular formula is C13H14FNO2. The van der Waals surface area contributed by atoms with Crippen molar-refractivity contribution in [3.8, 4) is 0 Å². The van der Waals surface area contributed by atoms with Crippen molar-refractivity contribution in [3.05, 3.63) is 41.2 Å². The molecule has 0 aromatic heterocycles. The number of halogens is 1. The number of carboxylic acid groups (broad SMARTS) is 1. The predicted molar refractivity (Wildman–Crippen MR) is 63.9 cm³/mol. The van der Waals surface area contributed by atoms with E-state index >= 15 is 0 Å². The van der Waals surface area contributed by atoms with E-state index < -0.39 is 11.8 Å². The van der Waals surface area contributed by atoms with E-state index in [2.05, 4.69) is 13.0 Å². The first-order valence-corrected chi connectivity index (χ1v) is 5.51. The van der Waals surface area contributed by atoms with E-state index in [4.69, 9.17) is 5.11 Å². The maximum Gasteiger partial charge on any atom is 0.338 e. The van der Waals surface area contributed by atoms with E-state index in [-0.39, 0.29) is 5.56 Å². The minimum atomic E-state index is -1.23. The molecule has 1 aliphatic rings. The number of benzene rings is 1. The largest absolute Gasteiger partial charge is 0.478 e. The van der Waals surface area contributed by atoms with Crippen LogP contribution in [-0.2, 0) is 0 Å². The van der Waals surface area contributed by atoms with Crippen LogP contribution in [-0.4, -0.2) is 24.2 Å². The normalized spacial score (nSPS) is 15.6. The van der Waals surface area contributed by atoms with Gasteiger partial charge in [0.25, 0.3) is 0 Å². The second-order valence-electron chi connectivity index (χ2n) is 4.22. The first-order chi connectivity index (χ1) is 8.08. The maximum atomic E-state index is 13.5. The van der Waals surface area contributed by atoms with Crippen LogP contribution in [0, 0.1) is 5.82 Å². The molecule has 17 heavy (non-hydrogen) atoms. The number of nitrogens with zero attached hydrogens (tertiary/aromatic N) is 1. The van der Waals surface area contributed by atoms with E-state index in [1.165, 1.54) is 17.7 Å². The Morgan fingerprint density at radius 1 is 1.47 bits per heavy atom. The highest BCUT2D eigenvalue weighted by Gasteiger charge is 2.14. The van der Waals surface area contributed by atoms with E-state index in [0.29, 0.717) is 0 Å². The molecule has 1 N–H and O–H groups in total. The molecule has 0 unspecified atom stereocenters. The Kier molecular flexibility index (Phi) is 3.13. The summed E-state index contributed by atoms with van der Waals surface area (Å²) in [6.45, 7) is 3.66. The number of hydrogen-bond donors (Lipinski definition) is 1. The van der Waals surface area contributed by atoms with Gasteiger partial charge in [0.05, 0.1) is 5.56 Å². The van der Waals surface area contributed by atoms with E-state index in [0.717, 1.165) is 25.2 Å². The maximum absolute atomic E-state index is 13.5. The Labute approximate surface area is 99.2 Å². The molecule has 0 aliphatic carbocycles. The summed E-state index contributed by atoms with van der Waals surface area (Å²) in [4.78, 5) is 12.7. The number of carbonyl (C=O) groups is 1. The molecule has 1 aromatic carbocycles. The monoisotopic (exact) mass is 235 g/mol. The summed E-state index contributed by atoms with van der Waals surface area (Å²) < 4.78 is 13.5. The summed E-state index contributed by atoms with van der Waals surface area (Å²) in [5, 5.41) is 8.74. The Balaban J connectivity index is 2.23. The molecule has 0 radical (unpaired) electrons. The summed E-state index contributed by atoms with van der Waals surface area (Å²) in [5.74, 6) is -1.91. The van der Waals surface area contributed by atoms with Gasteiger partial charge in [0.1, 0.15) is 5.82 Å². The lowest BCUT2D eigenvalue weighted by atomic mass is 10.1. The quantitative estimate of drug-likeness (QED) is 0.801. The first-order valence-electron chi connectivity index (χ1n) is 5.51. The third-order valence-electron chi connectivity index (χ3n) is 2.98. The molecule has 0 saturated carbocycles. The first kappa shape index (κ1) is 11.6. The van der Waals surface area contributed by atoms with Crippen LogP contribution in [0.4, 0.5) is 10.1 Å². The molecule has 0 spiro atoms. The third-order valence-corrected chi connectivity index (χ3v) is 2.98. The van der Waals surface area contributed by atoms with Crippen molar-refractivity contribution >= 4 is 11.7 Å². The van der Waals surface area contributed by atoms with Gasteiger partial charge in [0.2, 0.25) is 0 Å². The van der Waals surface area contributed by atoms with Crippen molar-refractivity contribution in [2.24, 2.45) is 0 Å². The summed E-state index contributed by atoms with van der Waals surface area (Å²) in [7, 11) is 0. The van der Waals surface area contributed by atoms with Crippen molar-refractivity contribution in [3.63, 3.8) is 0 Å². The Hall–Kier alpha value is -1.84. The molecule has 1 aliphatic heterocycles. The SMILES string of the molecule is CC1=CCN(c2ccc(C(=O)O)c(F)c2)CC1. The molecule has 1 aromatic rings. The standard InChI is InChI=1S/C13H14FNO2/c1-9-4-6-15(7-5-9)10-2-3-11(13(16)17)12(14)8-10/h2-4,8H,5-7H2,1H3,(H,16,17). The number of anilines is 1. The zero-order chi connectivity index (χ0) is 12.4. The van der Waals surface area contributed by atoms with Gasteiger partial charge in [-0.15, -0.1) is 0 Å². The topological polar surface area (TPSA) is 40.5 Å². The summed E-state index contributed by atoms with van der Waals surface area (Å²) in [5.41, 5.74) is 1.79. The van der Waals surface area contributed by atoms with Crippen LogP contribution in [0.15, 0.2) is 29.8 Å². The average Bonchev–Trinajstić information content (AvgIpc) is 2.29. The van der Waals surface area contributed by atoms with Crippen LogP contribution in [0.25, 0.3) is 0 Å². The van der Waals surface area contributed by atoms with E-state index in [9.17, 15) is 9.18 Å². The zero-order valence-corrected chi connectivity index (χ0v) is 9.61. The van der Waals surface area contributed by atoms with Crippen LogP contribution < -0.4 is 4.90 Å². The molecule has 0 fully saturated rings. The zero-order valence-electron chi connectivity index (χ0n) is 9.61. The molecule has 0 bridgehead atoms. The molecule has 0 saturated heterocycles. The van der Waals surface area contributed by atoms with Gasteiger partial charge in [0, 0.05) is 18.8 Å². The highest BCUT2D eigenvalue weighted by molar-refractivity contribution is 5.88. The van der Waals surface area contributed by atoms with Gasteiger partial charge < -0.3 is 10.0 Å². The Bertz CT molecular complexity index is 482. The van der Waals surface area contributed by atoms with Gasteiger partial charge in [-0.05, 0) is 31.5 Å². The summed E-state index contributed by atoms with van der Waals surface area (Å²) in [6, 6.07) is 4.26. The van der Waals surface area contributed by atoms with Crippen LogP contribution in [0.1, 0.15) is 23.7 Å². The lowest BCUT2D eigenvalue weighted by Crippen LogP contribution is -2.28. The number of rotatable bonds is 2.